The number of rotatable bonds is 6. The average molecular weight is 312 g/mol. The molecule has 2 nitrogen and oxygen atoms in total. The van der Waals surface area contributed by atoms with Crippen molar-refractivity contribution in [1.29, 1.82) is 0 Å². The second-order valence-corrected chi connectivity index (χ2v) is 6.99. The van der Waals surface area contributed by atoms with Gasteiger partial charge in [-0.2, -0.15) is 0 Å². The van der Waals surface area contributed by atoms with Gasteiger partial charge in [-0.25, -0.2) is 4.98 Å². The first-order chi connectivity index (χ1) is 10.9. The Kier molecular flexibility index (Phi) is 5.52. The molecule has 1 saturated heterocycles. The molecular formula is C19H24N2S. The van der Waals surface area contributed by atoms with E-state index in [1.54, 1.807) is 11.8 Å². The highest BCUT2D eigenvalue weighted by Gasteiger charge is 2.25. The van der Waals surface area contributed by atoms with Crippen molar-refractivity contribution in [3.05, 3.63) is 54.2 Å². The first-order valence-corrected chi connectivity index (χ1v) is 9.11. The highest BCUT2D eigenvalue weighted by atomic mass is 32.2. The number of unbranched alkanes of at least 4 members (excludes halogenated alkanes) is 1. The maximum absolute atomic E-state index is 4.67. The fourth-order valence-corrected chi connectivity index (χ4v) is 3.87. The first kappa shape index (κ1) is 15.6. The molecule has 0 saturated carbocycles. The molecule has 0 N–H and O–H groups in total. The maximum atomic E-state index is 4.67. The molecule has 0 aliphatic carbocycles. The third-order valence-corrected chi connectivity index (χ3v) is 5.23. The molecule has 1 aliphatic heterocycles. The molecule has 2 heterocycles. The van der Waals surface area contributed by atoms with Crippen molar-refractivity contribution >= 4 is 11.8 Å². The zero-order chi connectivity index (χ0) is 15.2. The van der Waals surface area contributed by atoms with Gasteiger partial charge in [-0.1, -0.05) is 49.4 Å². The number of nitrogens with zero attached hydrogens (tertiary/aromatic N) is 2. The number of pyridine rings is 1. The molecule has 0 unspecified atom stereocenters. The van der Waals surface area contributed by atoms with E-state index in [-0.39, 0.29) is 0 Å². The summed E-state index contributed by atoms with van der Waals surface area (Å²) in [5.41, 5.74) is 1.38. The lowest BCUT2D eigenvalue weighted by Crippen LogP contribution is -2.24. The molecule has 1 atom stereocenters. The largest absolute Gasteiger partial charge is 0.296 e. The predicted molar refractivity (Wildman–Crippen MR) is 93.3 cm³/mol. The van der Waals surface area contributed by atoms with E-state index in [1.165, 1.54) is 49.2 Å². The van der Waals surface area contributed by atoms with Crippen LogP contribution >= 0.6 is 11.8 Å². The minimum atomic E-state index is 0.579. The number of hydrogen-bond acceptors (Lipinski definition) is 3. The molecule has 1 fully saturated rings. The van der Waals surface area contributed by atoms with Crippen LogP contribution in [0.4, 0.5) is 0 Å². The minimum absolute atomic E-state index is 0.579. The second kappa shape index (κ2) is 7.80. The molecule has 3 heteroatoms. The van der Waals surface area contributed by atoms with Gasteiger partial charge in [0, 0.05) is 17.1 Å². The van der Waals surface area contributed by atoms with Gasteiger partial charge < -0.3 is 0 Å². The Balaban J connectivity index is 1.66. The topological polar surface area (TPSA) is 16.1 Å². The van der Waals surface area contributed by atoms with Gasteiger partial charge in [-0.3, -0.25) is 4.90 Å². The van der Waals surface area contributed by atoms with Crippen molar-refractivity contribution in [2.75, 3.05) is 13.1 Å². The molecule has 0 amide bonds. The lowest BCUT2D eigenvalue weighted by Gasteiger charge is -2.24. The SMILES string of the molecule is CCCCN1CCC[C@H]1c1ccc(Sc2ccccc2)nc1. The van der Waals surface area contributed by atoms with Gasteiger partial charge in [0.05, 0.1) is 0 Å². The van der Waals surface area contributed by atoms with Crippen molar-refractivity contribution in [3.8, 4) is 0 Å². The van der Waals surface area contributed by atoms with E-state index in [2.05, 4.69) is 59.4 Å². The highest BCUT2D eigenvalue weighted by Crippen LogP contribution is 2.33. The van der Waals surface area contributed by atoms with Crippen LogP contribution < -0.4 is 0 Å². The Hall–Kier alpha value is -1.32. The summed E-state index contributed by atoms with van der Waals surface area (Å²) in [4.78, 5) is 8.54. The quantitative estimate of drug-likeness (QED) is 0.732. The van der Waals surface area contributed by atoms with Crippen molar-refractivity contribution in [1.82, 2.24) is 9.88 Å². The van der Waals surface area contributed by atoms with Crippen LogP contribution in [0, 0.1) is 0 Å². The van der Waals surface area contributed by atoms with Gasteiger partial charge in [0.1, 0.15) is 5.03 Å². The summed E-state index contributed by atoms with van der Waals surface area (Å²) < 4.78 is 0. The fraction of sp³-hybridized carbons (Fsp3) is 0.421. The summed E-state index contributed by atoms with van der Waals surface area (Å²) >= 11 is 1.73. The average Bonchev–Trinajstić information content (AvgIpc) is 3.03. The minimum Gasteiger partial charge on any atom is -0.296 e. The van der Waals surface area contributed by atoms with E-state index in [0.717, 1.165) is 5.03 Å². The highest BCUT2D eigenvalue weighted by molar-refractivity contribution is 7.99. The van der Waals surface area contributed by atoms with Crippen LogP contribution in [0.3, 0.4) is 0 Å². The molecule has 116 valence electrons. The fourth-order valence-electron chi connectivity index (χ4n) is 3.09. The zero-order valence-electron chi connectivity index (χ0n) is 13.2. The summed E-state index contributed by atoms with van der Waals surface area (Å²) in [6.45, 7) is 4.73. The Morgan fingerprint density at radius 3 is 2.77 bits per heavy atom. The van der Waals surface area contributed by atoms with Gasteiger partial charge in [-0.05, 0) is 56.1 Å². The van der Waals surface area contributed by atoms with Crippen molar-refractivity contribution in [3.63, 3.8) is 0 Å². The van der Waals surface area contributed by atoms with Crippen LogP contribution in [0.2, 0.25) is 0 Å². The summed E-state index contributed by atoms with van der Waals surface area (Å²) in [6.07, 6.45) is 7.24. The first-order valence-electron chi connectivity index (χ1n) is 8.29. The summed E-state index contributed by atoms with van der Waals surface area (Å²) in [7, 11) is 0. The Bertz CT molecular complexity index is 568. The molecule has 1 aliphatic rings. The van der Waals surface area contributed by atoms with Crippen molar-refractivity contribution < 1.29 is 0 Å². The summed E-state index contributed by atoms with van der Waals surface area (Å²) in [6, 6.07) is 15.5. The molecule has 22 heavy (non-hydrogen) atoms. The monoisotopic (exact) mass is 312 g/mol. The van der Waals surface area contributed by atoms with E-state index >= 15 is 0 Å². The van der Waals surface area contributed by atoms with Crippen LogP contribution in [0.25, 0.3) is 0 Å². The van der Waals surface area contributed by atoms with Crippen LogP contribution in [0.15, 0.2) is 58.6 Å². The predicted octanol–water partition coefficient (Wildman–Crippen LogP) is 5.17. The van der Waals surface area contributed by atoms with Crippen molar-refractivity contribution in [2.24, 2.45) is 0 Å². The lowest BCUT2D eigenvalue weighted by atomic mass is 10.1. The van der Waals surface area contributed by atoms with Crippen LogP contribution in [0.1, 0.15) is 44.2 Å². The van der Waals surface area contributed by atoms with Gasteiger partial charge in [0.15, 0.2) is 0 Å². The van der Waals surface area contributed by atoms with E-state index in [4.69, 9.17) is 0 Å². The van der Waals surface area contributed by atoms with Gasteiger partial charge in [0.25, 0.3) is 0 Å². The Morgan fingerprint density at radius 2 is 2.05 bits per heavy atom. The molecule has 3 rings (SSSR count). The molecule has 0 radical (unpaired) electrons. The number of aromatic nitrogens is 1. The van der Waals surface area contributed by atoms with E-state index in [0.29, 0.717) is 6.04 Å². The molecule has 0 spiro atoms. The Morgan fingerprint density at radius 1 is 1.18 bits per heavy atom. The third-order valence-electron chi connectivity index (χ3n) is 4.27. The van der Waals surface area contributed by atoms with Crippen LogP contribution in [0.5, 0.6) is 0 Å². The molecule has 1 aromatic carbocycles. The van der Waals surface area contributed by atoms with Crippen molar-refractivity contribution in [2.45, 2.75) is 48.6 Å². The molecular weight excluding hydrogens is 288 g/mol. The lowest BCUT2D eigenvalue weighted by molar-refractivity contribution is 0.253. The number of hydrogen-bond donors (Lipinski definition) is 0. The van der Waals surface area contributed by atoms with Crippen LogP contribution in [-0.4, -0.2) is 23.0 Å². The molecule has 1 aromatic heterocycles. The smallest absolute Gasteiger partial charge is 0.101 e. The zero-order valence-corrected chi connectivity index (χ0v) is 14.1. The maximum Gasteiger partial charge on any atom is 0.101 e. The molecule has 0 bridgehead atoms. The standard InChI is InChI=1S/C19H24N2S/c1-2-3-13-21-14-7-10-18(21)16-11-12-19(20-15-16)22-17-8-5-4-6-9-17/h4-6,8-9,11-12,15,18H,2-3,7,10,13-14H2,1H3/t18-/m0/s1. The van der Waals surface area contributed by atoms with E-state index < -0.39 is 0 Å². The Labute approximate surface area is 138 Å². The van der Waals surface area contributed by atoms with Gasteiger partial charge in [-0.15, -0.1) is 0 Å². The normalized spacial score (nSPS) is 18.7. The van der Waals surface area contributed by atoms with E-state index in [9.17, 15) is 0 Å². The van der Waals surface area contributed by atoms with Crippen LogP contribution in [-0.2, 0) is 0 Å². The summed E-state index contributed by atoms with van der Waals surface area (Å²) in [5, 5.41) is 1.08. The van der Waals surface area contributed by atoms with Gasteiger partial charge >= 0.3 is 0 Å². The van der Waals surface area contributed by atoms with Gasteiger partial charge in [0.2, 0.25) is 0 Å². The summed E-state index contributed by atoms with van der Waals surface area (Å²) in [5.74, 6) is 0. The van der Waals surface area contributed by atoms with E-state index in [1.807, 2.05) is 6.07 Å². The third kappa shape index (κ3) is 3.90. The number of benzene rings is 1. The number of likely N-dealkylation sites (tertiary alicyclic amines) is 1. The molecule has 2 aromatic rings. The second-order valence-electron chi connectivity index (χ2n) is 5.89.